The SMILES string of the molecule is CC.CC.CC.CCOc1cc(C#Cc2cc(OC)c(OC(C)C)cc2OC=O)ccc1OC. The van der Waals surface area contributed by atoms with Crippen LogP contribution < -0.4 is 23.7 Å². The molecule has 2 rings (SSSR count). The second kappa shape index (κ2) is 20.3. The summed E-state index contributed by atoms with van der Waals surface area (Å²) in [5.41, 5.74) is 1.22. The van der Waals surface area contributed by atoms with E-state index in [9.17, 15) is 4.79 Å². The van der Waals surface area contributed by atoms with Crippen molar-refractivity contribution >= 4 is 6.47 Å². The predicted molar refractivity (Wildman–Crippen MR) is 140 cm³/mol. The van der Waals surface area contributed by atoms with Crippen molar-refractivity contribution < 1.29 is 28.5 Å². The highest BCUT2D eigenvalue weighted by atomic mass is 16.5. The summed E-state index contributed by atoms with van der Waals surface area (Å²) in [6.45, 7) is 18.6. The lowest BCUT2D eigenvalue weighted by Crippen LogP contribution is -2.07. The maximum Gasteiger partial charge on any atom is 0.298 e. The second-order valence-corrected chi connectivity index (χ2v) is 5.93. The van der Waals surface area contributed by atoms with Crippen molar-refractivity contribution in [2.75, 3.05) is 20.8 Å². The monoisotopic (exact) mass is 474 g/mol. The Hall–Kier alpha value is -3.33. The Bertz CT molecular complexity index is 878. The van der Waals surface area contributed by atoms with Crippen molar-refractivity contribution in [3.05, 3.63) is 41.5 Å². The first-order chi connectivity index (χ1) is 16.5. The lowest BCUT2D eigenvalue weighted by molar-refractivity contribution is -0.120. The molecule has 2 aromatic carbocycles. The van der Waals surface area contributed by atoms with Crippen LogP contribution in [0.4, 0.5) is 0 Å². The minimum Gasteiger partial charge on any atom is -0.493 e. The molecule has 0 amide bonds. The quantitative estimate of drug-likeness (QED) is 0.306. The Labute approximate surface area is 206 Å². The fraction of sp³-hybridized carbons (Fsp3) is 0.464. The molecular weight excluding hydrogens is 432 g/mol. The summed E-state index contributed by atoms with van der Waals surface area (Å²) >= 11 is 0. The summed E-state index contributed by atoms with van der Waals surface area (Å²) in [6, 6.07) is 8.68. The van der Waals surface area contributed by atoms with Gasteiger partial charge in [0.15, 0.2) is 23.0 Å². The first-order valence-electron chi connectivity index (χ1n) is 11.8. The number of methoxy groups -OCH3 is 2. The lowest BCUT2D eigenvalue weighted by atomic mass is 10.1. The van der Waals surface area contributed by atoms with Crippen LogP contribution in [0.5, 0.6) is 28.7 Å². The van der Waals surface area contributed by atoms with Gasteiger partial charge in [0.2, 0.25) is 0 Å². The number of hydrogen-bond acceptors (Lipinski definition) is 6. The summed E-state index contributed by atoms with van der Waals surface area (Å²) in [5.74, 6) is 8.56. The third kappa shape index (κ3) is 11.0. The van der Waals surface area contributed by atoms with E-state index in [2.05, 4.69) is 11.8 Å². The van der Waals surface area contributed by atoms with E-state index < -0.39 is 0 Å². The topological polar surface area (TPSA) is 63.2 Å². The molecule has 0 spiro atoms. The van der Waals surface area contributed by atoms with Crippen LogP contribution in [-0.4, -0.2) is 33.4 Å². The summed E-state index contributed by atoms with van der Waals surface area (Å²) in [7, 11) is 3.12. The van der Waals surface area contributed by atoms with E-state index in [-0.39, 0.29) is 11.9 Å². The molecule has 2 aromatic rings. The zero-order valence-electron chi connectivity index (χ0n) is 22.7. The van der Waals surface area contributed by atoms with Crippen LogP contribution in [0.3, 0.4) is 0 Å². The molecular formula is C28H42O6. The number of rotatable bonds is 8. The molecule has 0 aliphatic carbocycles. The van der Waals surface area contributed by atoms with Crippen LogP contribution in [0.15, 0.2) is 30.3 Å². The Morgan fingerprint density at radius 2 is 1.41 bits per heavy atom. The molecule has 0 atom stereocenters. The van der Waals surface area contributed by atoms with Gasteiger partial charge in [0.1, 0.15) is 5.75 Å². The van der Waals surface area contributed by atoms with E-state index in [1.807, 2.05) is 68.4 Å². The molecule has 0 unspecified atom stereocenters. The molecule has 0 aliphatic heterocycles. The van der Waals surface area contributed by atoms with Crippen LogP contribution in [0.25, 0.3) is 0 Å². The Morgan fingerprint density at radius 3 is 1.91 bits per heavy atom. The first-order valence-corrected chi connectivity index (χ1v) is 11.8. The van der Waals surface area contributed by atoms with Gasteiger partial charge in [-0.15, -0.1) is 0 Å². The van der Waals surface area contributed by atoms with Crippen molar-refractivity contribution in [1.82, 2.24) is 0 Å². The number of carbonyl (C=O) groups is 1. The van der Waals surface area contributed by atoms with Crippen LogP contribution in [-0.2, 0) is 4.79 Å². The van der Waals surface area contributed by atoms with Gasteiger partial charge < -0.3 is 23.7 Å². The number of hydrogen-bond donors (Lipinski definition) is 0. The molecule has 34 heavy (non-hydrogen) atoms. The van der Waals surface area contributed by atoms with Crippen molar-refractivity contribution in [3.63, 3.8) is 0 Å². The maximum atomic E-state index is 10.9. The summed E-state index contributed by atoms with van der Waals surface area (Å²) in [6.07, 6.45) is -0.0637. The van der Waals surface area contributed by atoms with Gasteiger partial charge in [-0.25, -0.2) is 0 Å². The molecule has 0 radical (unpaired) electrons. The third-order valence-corrected chi connectivity index (χ3v) is 3.61. The van der Waals surface area contributed by atoms with Gasteiger partial charge in [-0.1, -0.05) is 53.4 Å². The van der Waals surface area contributed by atoms with E-state index >= 15 is 0 Å². The minimum absolute atomic E-state index is 0.0637. The highest BCUT2D eigenvalue weighted by Gasteiger charge is 2.13. The lowest BCUT2D eigenvalue weighted by Gasteiger charge is -2.15. The standard InChI is InChI=1S/C22H24O6.3C2H6/c1-6-26-21-11-16(8-10-18(21)24-4)7-9-17-12-20(25-5)22(28-15(2)3)13-19(17)27-14-23;3*1-2/h8,10-15H,6H2,1-5H3;3*1-2H3. The summed E-state index contributed by atoms with van der Waals surface area (Å²) in [4.78, 5) is 10.9. The van der Waals surface area contributed by atoms with Gasteiger partial charge in [0.25, 0.3) is 6.47 Å². The van der Waals surface area contributed by atoms with Gasteiger partial charge in [-0.2, -0.15) is 0 Å². The Morgan fingerprint density at radius 1 is 0.794 bits per heavy atom. The molecule has 0 saturated heterocycles. The highest BCUT2D eigenvalue weighted by molar-refractivity contribution is 5.61. The van der Waals surface area contributed by atoms with Gasteiger partial charge in [-0.05, 0) is 39.0 Å². The molecule has 6 heteroatoms. The third-order valence-electron chi connectivity index (χ3n) is 3.61. The molecule has 0 fully saturated rings. The minimum atomic E-state index is -0.0637. The molecule has 0 saturated carbocycles. The fourth-order valence-corrected chi connectivity index (χ4v) is 2.46. The number of ether oxygens (including phenoxy) is 5. The van der Waals surface area contributed by atoms with Gasteiger partial charge >= 0.3 is 0 Å². The zero-order chi connectivity index (χ0) is 26.5. The number of carbonyl (C=O) groups excluding carboxylic acids is 1. The first kappa shape index (κ1) is 32.8. The van der Waals surface area contributed by atoms with E-state index in [1.54, 1.807) is 31.4 Å². The van der Waals surface area contributed by atoms with Gasteiger partial charge in [0.05, 0.1) is 32.5 Å². The maximum absolute atomic E-state index is 10.9. The molecule has 190 valence electrons. The Kier molecular flexibility index (Phi) is 19.6. The van der Waals surface area contributed by atoms with Crippen molar-refractivity contribution in [3.8, 4) is 40.6 Å². The van der Waals surface area contributed by atoms with Crippen LogP contribution in [0, 0.1) is 11.8 Å². The van der Waals surface area contributed by atoms with Crippen LogP contribution in [0.2, 0.25) is 0 Å². The van der Waals surface area contributed by atoms with Crippen molar-refractivity contribution in [2.45, 2.75) is 68.4 Å². The second-order valence-electron chi connectivity index (χ2n) is 5.93. The van der Waals surface area contributed by atoms with E-state index in [0.717, 1.165) is 5.56 Å². The fourth-order valence-electron chi connectivity index (χ4n) is 2.46. The van der Waals surface area contributed by atoms with Crippen LogP contribution >= 0.6 is 0 Å². The summed E-state index contributed by atoms with van der Waals surface area (Å²) in [5, 5.41) is 0. The van der Waals surface area contributed by atoms with Crippen molar-refractivity contribution in [2.24, 2.45) is 0 Å². The molecule has 0 aromatic heterocycles. The van der Waals surface area contributed by atoms with Gasteiger partial charge in [0, 0.05) is 17.7 Å². The highest BCUT2D eigenvalue weighted by Crippen LogP contribution is 2.35. The smallest absolute Gasteiger partial charge is 0.298 e. The molecule has 6 nitrogen and oxygen atoms in total. The molecule has 0 bridgehead atoms. The summed E-state index contributed by atoms with van der Waals surface area (Å²) < 4.78 is 27.0. The average molecular weight is 475 g/mol. The molecule has 0 heterocycles. The zero-order valence-corrected chi connectivity index (χ0v) is 22.7. The predicted octanol–water partition coefficient (Wildman–Crippen LogP) is 6.90. The average Bonchev–Trinajstić information content (AvgIpc) is 2.87. The number of benzene rings is 2. The van der Waals surface area contributed by atoms with E-state index in [0.29, 0.717) is 41.6 Å². The van der Waals surface area contributed by atoms with Crippen LogP contribution in [0.1, 0.15) is 73.4 Å². The normalized spacial score (nSPS) is 8.71. The van der Waals surface area contributed by atoms with E-state index in [1.165, 1.54) is 7.11 Å². The van der Waals surface area contributed by atoms with Gasteiger partial charge in [-0.3, -0.25) is 4.79 Å². The Balaban J connectivity index is 0. The van der Waals surface area contributed by atoms with Crippen molar-refractivity contribution in [1.29, 1.82) is 0 Å². The molecule has 0 aliphatic rings. The largest absolute Gasteiger partial charge is 0.493 e. The van der Waals surface area contributed by atoms with E-state index in [4.69, 9.17) is 23.7 Å². The molecule has 0 N–H and O–H groups in total.